The number of anilines is 1. The molecule has 3 amide bonds. The third-order valence-electron chi connectivity index (χ3n) is 7.49. The molecule has 0 aromatic heterocycles. The second-order valence-corrected chi connectivity index (χ2v) is 10.1. The average Bonchev–Trinajstić information content (AvgIpc) is 3.43. The van der Waals surface area contributed by atoms with E-state index in [2.05, 4.69) is 10.6 Å². The van der Waals surface area contributed by atoms with Crippen molar-refractivity contribution in [3.63, 3.8) is 0 Å². The van der Waals surface area contributed by atoms with E-state index in [1.807, 2.05) is 26.0 Å². The lowest BCUT2D eigenvalue weighted by molar-refractivity contribution is -0.142. The Labute approximate surface area is 208 Å². The Bertz CT molecular complexity index is 1230. The highest BCUT2D eigenvalue weighted by atomic mass is 35.5. The molecule has 184 valence electrons. The van der Waals surface area contributed by atoms with Crippen LogP contribution in [0.3, 0.4) is 0 Å². The number of rotatable bonds is 6. The Morgan fingerprint density at radius 1 is 1.03 bits per heavy atom. The Morgan fingerprint density at radius 2 is 1.77 bits per heavy atom. The first kappa shape index (κ1) is 23.6. The molecular formula is C26H28ClN3O5. The highest BCUT2D eigenvalue weighted by Gasteiger charge is 2.70. The second kappa shape index (κ2) is 8.53. The van der Waals surface area contributed by atoms with Gasteiger partial charge < -0.3 is 14.8 Å². The van der Waals surface area contributed by atoms with Crippen molar-refractivity contribution in [2.75, 3.05) is 26.1 Å². The summed E-state index contributed by atoms with van der Waals surface area (Å²) in [7, 11) is 3.13. The largest absolute Gasteiger partial charge is 0.493 e. The summed E-state index contributed by atoms with van der Waals surface area (Å²) in [4.78, 5) is 42.2. The molecule has 0 radical (unpaired) electrons. The molecule has 3 aliphatic heterocycles. The van der Waals surface area contributed by atoms with E-state index in [4.69, 9.17) is 21.1 Å². The van der Waals surface area contributed by atoms with Gasteiger partial charge >= 0.3 is 0 Å². The van der Waals surface area contributed by atoms with Gasteiger partial charge in [-0.15, -0.1) is 0 Å². The number of nitrogens with one attached hydrogen (secondary N) is 2. The fourth-order valence-electron chi connectivity index (χ4n) is 5.84. The minimum absolute atomic E-state index is 0.0282. The SMILES string of the molecule is COc1ccc(CCN2C(=O)[C@H]3C(C(C)C)NC4(C(=O)Nc5ccc(Cl)cc54)[C@H]3C2=O)cc1OC. The first-order valence-electron chi connectivity index (χ1n) is 11.7. The quantitative estimate of drug-likeness (QED) is 0.596. The number of methoxy groups -OCH3 is 2. The van der Waals surface area contributed by atoms with Crippen LogP contribution in [-0.2, 0) is 26.3 Å². The van der Waals surface area contributed by atoms with Crippen molar-refractivity contribution in [1.29, 1.82) is 0 Å². The molecule has 9 heteroatoms. The molecule has 3 heterocycles. The van der Waals surface area contributed by atoms with Crippen LogP contribution in [0.1, 0.15) is 25.0 Å². The van der Waals surface area contributed by atoms with Crippen LogP contribution < -0.4 is 20.1 Å². The van der Waals surface area contributed by atoms with Crippen molar-refractivity contribution < 1.29 is 23.9 Å². The standard InChI is InChI=1S/C26H28ClN3O5/c1-13(2)22-20-21(26(29-22)16-12-15(27)6-7-17(16)28-25(26)33)24(32)30(23(20)31)10-9-14-5-8-18(34-3)19(11-14)35-4/h5-8,11-13,20-22,29H,9-10H2,1-4H3,(H,28,33)/t20-,21-,22?,26?/m1/s1. The molecule has 2 aromatic rings. The molecule has 2 fully saturated rings. The van der Waals surface area contributed by atoms with Gasteiger partial charge in [-0.05, 0) is 48.2 Å². The summed E-state index contributed by atoms with van der Waals surface area (Å²) in [6, 6.07) is 10.3. The number of hydrogen-bond donors (Lipinski definition) is 2. The van der Waals surface area contributed by atoms with E-state index in [0.29, 0.717) is 34.2 Å². The van der Waals surface area contributed by atoms with Crippen molar-refractivity contribution >= 4 is 35.0 Å². The van der Waals surface area contributed by atoms with Crippen LogP contribution in [-0.4, -0.2) is 49.4 Å². The van der Waals surface area contributed by atoms with Gasteiger partial charge in [0.1, 0.15) is 5.54 Å². The molecule has 0 aliphatic carbocycles. The molecule has 8 nitrogen and oxygen atoms in total. The first-order valence-corrected chi connectivity index (χ1v) is 12.1. The molecule has 3 aliphatic rings. The number of carbonyl (C=O) groups is 3. The Hall–Kier alpha value is -3.10. The number of imide groups is 1. The lowest BCUT2D eigenvalue weighted by Crippen LogP contribution is -2.54. The third-order valence-corrected chi connectivity index (χ3v) is 7.73. The molecule has 0 saturated carbocycles. The Balaban J connectivity index is 1.49. The fourth-order valence-corrected chi connectivity index (χ4v) is 6.01. The van der Waals surface area contributed by atoms with E-state index >= 15 is 0 Å². The van der Waals surface area contributed by atoms with Crippen molar-refractivity contribution in [1.82, 2.24) is 10.2 Å². The number of halogens is 1. The number of ether oxygens (including phenoxy) is 2. The van der Waals surface area contributed by atoms with Crippen LogP contribution in [0.25, 0.3) is 0 Å². The number of nitrogens with zero attached hydrogens (tertiary/aromatic N) is 1. The van der Waals surface area contributed by atoms with Gasteiger partial charge in [0, 0.05) is 28.9 Å². The van der Waals surface area contributed by atoms with Crippen LogP contribution in [0.5, 0.6) is 11.5 Å². The van der Waals surface area contributed by atoms with Gasteiger partial charge in [-0.1, -0.05) is 31.5 Å². The van der Waals surface area contributed by atoms with Gasteiger partial charge in [-0.3, -0.25) is 24.6 Å². The van der Waals surface area contributed by atoms with Gasteiger partial charge in [-0.2, -0.15) is 0 Å². The monoisotopic (exact) mass is 497 g/mol. The van der Waals surface area contributed by atoms with Gasteiger partial charge in [0.2, 0.25) is 17.7 Å². The van der Waals surface area contributed by atoms with Crippen molar-refractivity contribution in [3.05, 3.63) is 52.5 Å². The maximum absolute atomic E-state index is 13.8. The van der Waals surface area contributed by atoms with Crippen LogP contribution in [0.2, 0.25) is 5.02 Å². The lowest BCUT2D eigenvalue weighted by Gasteiger charge is -2.30. The smallest absolute Gasteiger partial charge is 0.250 e. The maximum atomic E-state index is 13.8. The Morgan fingerprint density at radius 3 is 2.46 bits per heavy atom. The normalized spacial score (nSPS) is 27.0. The summed E-state index contributed by atoms with van der Waals surface area (Å²) < 4.78 is 10.7. The Kier molecular flexibility index (Phi) is 5.76. The second-order valence-electron chi connectivity index (χ2n) is 9.64. The predicted molar refractivity (Wildman–Crippen MR) is 130 cm³/mol. The molecule has 2 unspecified atom stereocenters. The lowest BCUT2D eigenvalue weighted by atomic mass is 9.76. The predicted octanol–water partition coefficient (Wildman–Crippen LogP) is 2.98. The molecule has 0 bridgehead atoms. The zero-order valence-electron chi connectivity index (χ0n) is 20.1. The zero-order valence-corrected chi connectivity index (χ0v) is 20.8. The zero-order chi connectivity index (χ0) is 25.1. The van der Waals surface area contributed by atoms with Crippen LogP contribution >= 0.6 is 11.6 Å². The van der Waals surface area contributed by atoms with Crippen molar-refractivity contribution in [2.45, 2.75) is 31.8 Å². The minimum atomic E-state index is -1.33. The number of hydrogen-bond acceptors (Lipinski definition) is 6. The molecule has 5 rings (SSSR count). The van der Waals surface area contributed by atoms with E-state index in [1.165, 1.54) is 4.90 Å². The summed E-state index contributed by atoms with van der Waals surface area (Å²) >= 11 is 6.28. The van der Waals surface area contributed by atoms with Gasteiger partial charge in [0.05, 0.1) is 26.1 Å². The summed E-state index contributed by atoms with van der Waals surface area (Å²) in [6.45, 7) is 4.19. The molecule has 2 N–H and O–H groups in total. The summed E-state index contributed by atoms with van der Waals surface area (Å²) in [5, 5.41) is 6.77. The molecule has 2 aromatic carbocycles. The minimum Gasteiger partial charge on any atom is -0.493 e. The topological polar surface area (TPSA) is 97.0 Å². The summed E-state index contributed by atoms with van der Waals surface area (Å²) in [6.07, 6.45) is 0.457. The van der Waals surface area contributed by atoms with Gasteiger partial charge in [0.15, 0.2) is 11.5 Å². The summed E-state index contributed by atoms with van der Waals surface area (Å²) in [5.74, 6) is -1.16. The van der Waals surface area contributed by atoms with E-state index in [9.17, 15) is 14.4 Å². The molecule has 4 atom stereocenters. The van der Waals surface area contributed by atoms with Crippen LogP contribution in [0.15, 0.2) is 36.4 Å². The molecule has 1 spiro atoms. The number of carbonyl (C=O) groups excluding carboxylic acids is 3. The van der Waals surface area contributed by atoms with Crippen LogP contribution in [0, 0.1) is 17.8 Å². The molecule has 2 saturated heterocycles. The van der Waals surface area contributed by atoms with Crippen molar-refractivity contribution in [2.24, 2.45) is 17.8 Å². The number of fused-ring (bicyclic) bond motifs is 4. The van der Waals surface area contributed by atoms with Crippen molar-refractivity contribution in [3.8, 4) is 11.5 Å². The maximum Gasteiger partial charge on any atom is 0.250 e. The summed E-state index contributed by atoms with van der Waals surface area (Å²) in [5.41, 5.74) is 0.810. The fraction of sp³-hybridized carbons (Fsp3) is 0.423. The van der Waals surface area contributed by atoms with E-state index in [0.717, 1.165) is 5.56 Å². The number of amides is 3. The number of benzene rings is 2. The van der Waals surface area contributed by atoms with Gasteiger partial charge in [0.25, 0.3) is 0 Å². The van der Waals surface area contributed by atoms with E-state index in [1.54, 1.807) is 38.5 Å². The number of likely N-dealkylation sites (tertiary alicyclic amines) is 1. The first-order chi connectivity index (χ1) is 16.7. The van der Waals surface area contributed by atoms with E-state index in [-0.39, 0.29) is 36.2 Å². The van der Waals surface area contributed by atoms with Crippen LogP contribution in [0.4, 0.5) is 5.69 Å². The molecular weight excluding hydrogens is 470 g/mol. The highest BCUT2D eigenvalue weighted by Crippen LogP contribution is 2.54. The average molecular weight is 498 g/mol. The molecule has 35 heavy (non-hydrogen) atoms. The third kappa shape index (κ3) is 3.42. The highest BCUT2D eigenvalue weighted by molar-refractivity contribution is 6.31. The van der Waals surface area contributed by atoms with E-state index < -0.39 is 17.4 Å². The van der Waals surface area contributed by atoms with Gasteiger partial charge in [-0.25, -0.2) is 0 Å².